The van der Waals surface area contributed by atoms with Gasteiger partial charge in [-0.05, 0) is 48.2 Å². The van der Waals surface area contributed by atoms with Crippen LogP contribution in [-0.2, 0) is 12.0 Å². The lowest BCUT2D eigenvalue weighted by Crippen LogP contribution is -2.35. The predicted octanol–water partition coefficient (Wildman–Crippen LogP) is 4.45. The molecule has 5 nitrogen and oxygen atoms in total. The lowest BCUT2D eigenvalue weighted by molar-refractivity contribution is 0.00964. The second kappa shape index (κ2) is 7.93. The summed E-state index contributed by atoms with van der Waals surface area (Å²) in [5.41, 5.74) is 0.856. The van der Waals surface area contributed by atoms with E-state index in [0.29, 0.717) is 11.4 Å². The molecule has 0 bridgehead atoms. The van der Waals surface area contributed by atoms with Crippen molar-refractivity contribution in [1.29, 1.82) is 0 Å². The number of H-pyrrole nitrogens is 1. The van der Waals surface area contributed by atoms with Gasteiger partial charge in [-0.2, -0.15) is 5.10 Å². The summed E-state index contributed by atoms with van der Waals surface area (Å²) in [5.74, 6) is -0.250. The molecule has 29 heavy (non-hydrogen) atoms. The van der Waals surface area contributed by atoms with Crippen LogP contribution in [0.1, 0.15) is 29.9 Å². The number of hydrogen-bond acceptors (Lipinski definition) is 5. The minimum absolute atomic E-state index is 0.175. The topological polar surface area (TPSA) is 74.7 Å². The van der Waals surface area contributed by atoms with Crippen LogP contribution in [0.4, 0.5) is 4.39 Å². The molecule has 0 aliphatic carbocycles. The standard InChI is InChI=1S/C22H21FN4OS/c1-14(19-9-3-15-11-18(29-2)8-10-20(15)26-19)22(28,12-21-24-13-25-27-21)16-4-6-17(23)7-5-16/h3-11,13-14,28H,12H2,1-2H3,(H,24,25,27). The van der Waals surface area contributed by atoms with Gasteiger partial charge in [-0.15, -0.1) is 11.8 Å². The van der Waals surface area contributed by atoms with E-state index in [2.05, 4.69) is 21.2 Å². The summed E-state index contributed by atoms with van der Waals surface area (Å²) in [4.78, 5) is 10.1. The average Bonchev–Trinajstić information content (AvgIpc) is 3.25. The number of aromatic nitrogens is 4. The lowest BCUT2D eigenvalue weighted by atomic mass is 9.77. The maximum Gasteiger partial charge on any atom is 0.153 e. The van der Waals surface area contributed by atoms with Crippen LogP contribution >= 0.6 is 11.8 Å². The van der Waals surface area contributed by atoms with E-state index in [1.807, 2.05) is 37.4 Å². The summed E-state index contributed by atoms with van der Waals surface area (Å²) >= 11 is 1.68. The molecule has 0 aliphatic rings. The van der Waals surface area contributed by atoms with Crippen molar-refractivity contribution >= 4 is 22.7 Å². The first kappa shape index (κ1) is 19.5. The van der Waals surface area contributed by atoms with Crippen molar-refractivity contribution in [2.45, 2.75) is 29.8 Å². The minimum atomic E-state index is -1.35. The number of thioether (sulfide) groups is 1. The highest BCUT2D eigenvalue weighted by atomic mass is 32.2. The molecule has 0 aliphatic heterocycles. The van der Waals surface area contributed by atoms with Crippen LogP contribution < -0.4 is 0 Å². The van der Waals surface area contributed by atoms with Crippen molar-refractivity contribution < 1.29 is 9.50 Å². The molecule has 0 saturated carbocycles. The fourth-order valence-corrected chi connectivity index (χ4v) is 3.99. The van der Waals surface area contributed by atoms with Gasteiger partial charge in [-0.3, -0.25) is 10.1 Å². The number of nitrogens with zero attached hydrogens (tertiary/aromatic N) is 3. The van der Waals surface area contributed by atoms with Gasteiger partial charge in [0.15, 0.2) is 5.82 Å². The summed E-state index contributed by atoms with van der Waals surface area (Å²) in [6.07, 6.45) is 3.69. The number of halogens is 1. The number of benzene rings is 2. The third kappa shape index (κ3) is 3.88. The first-order valence-electron chi connectivity index (χ1n) is 9.27. The number of nitrogens with one attached hydrogen (secondary N) is 1. The summed E-state index contributed by atoms with van der Waals surface area (Å²) in [6, 6.07) is 16.0. The Morgan fingerprint density at radius 3 is 2.62 bits per heavy atom. The van der Waals surface area contributed by atoms with Gasteiger partial charge in [0.2, 0.25) is 0 Å². The number of pyridine rings is 1. The van der Waals surface area contributed by atoms with Gasteiger partial charge in [0.25, 0.3) is 0 Å². The molecule has 4 aromatic rings. The Morgan fingerprint density at radius 1 is 1.14 bits per heavy atom. The van der Waals surface area contributed by atoms with E-state index < -0.39 is 5.60 Å². The number of fused-ring (bicyclic) bond motifs is 1. The lowest BCUT2D eigenvalue weighted by Gasteiger charge is -2.34. The van der Waals surface area contributed by atoms with E-state index in [4.69, 9.17) is 4.98 Å². The smallest absolute Gasteiger partial charge is 0.153 e. The summed E-state index contributed by atoms with van der Waals surface area (Å²) in [7, 11) is 0. The zero-order valence-electron chi connectivity index (χ0n) is 16.1. The van der Waals surface area contributed by atoms with E-state index in [0.717, 1.165) is 16.6 Å². The second-order valence-electron chi connectivity index (χ2n) is 7.04. The molecule has 0 amide bonds. The highest BCUT2D eigenvalue weighted by molar-refractivity contribution is 7.98. The molecular formula is C22H21FN4OS. The second-order valence-corrected chi connectivity index (χ2v) is 7.92. The van der Waals surface area contributed by atoms with Crippen molar-refractivity contribution in [2.24, 2.45) is 0 Å². The van der Waals surface area contributed by atoms with E-state index in [1.54, 1.807) is 23.9 Å². The molecule has 148 valence electrons. The fourth-order valence-electron chi connectivity index (χ4n) is 3.54. The minimum Gasteiger partial charge on any atom is -0.384 e. The van der Waals surface area contributed by atoms with Crippen LogP contribution in [0.3, 0.4) is 0 Å². The highest BCUT2D eigenvalue weighted by Crippen LogP contribution is 2.39. The zero-order valence-corrected chi connectivity index (χ0v) is 16.9. The van der Waals surface area contributed by atoms with Crippen molar-refractivity contribution in [2.75, 3.05) is 6.26 Å². The van der Waals surface area contributed by atoms with Crippen molar-refractivity contribution in [3.8, 4) is 0 Å². The molecule has 0 fully saturated rings. The van der Waals surface area contributed by atoms with Gasteiger partial charge in [-0.25, -0.2) is 9.37 Å². The molecule has 0 spiro atoms. The SMILES string of the molecule is CSc1ccc2nc(C(C)C(O)(Cc3nc[nH]n3)c3ccc(F)cc3)ccc2c1. The largest absolute Gasteiger partial charge is 0.384 e. The Bertz CT molecular complexity index is 1120. The van der Waals surface area contributed by atoms with Crippen LogP contribution in [0.15, 0.2) is 65.8 Å². The van der Waals surface area contributed by atoms with Crippen LogP contribution in [0.2, 0.25) is 0 Å². The van der Waals surface area contributed by atoms with Gasteiger partial charge in [0.1, 0.15) is 17.7 Å². The maximum absolute atomic E-state index is 13.5. The molecule has 0 radical (unpaired) electrons. The Balaban J connectivity index is 1.77. The quantitative estimate of drug-likeness (QED) is 0.461. The third-order valence-electron chi connectivity index (χ3n) is 5.31. The monoisotopic (exact) mass is 408 g/mol. The van der Waals surface area contributed by atoms with E-state index in [9.17, 15) is 9.50 Å². The first-order valence-corrected chi connectivity index (χ1v) is 10.5. The summed E-state index contributed by atoms with van der Waals surface area (Å²) < 4.78 is 13.5. The van der Waals surface area contributed by atoms with E-state index in [-0.39, 0.29) is 18.2 Å². The third-order valence-corrected chi connectivity index (χ3v) is 6.04. The highest BCUT2D eigenvalue weighted by Gasteiger charge is 2.39. The van der Waals surface area contributed by atoms with Gasteiger partial charge >= 0.3 is 0 Å². The number of hydrogen-bond donors (Lipinski definition) is 2. The Morgan fingerprint density at radius 2 is 1.93 bits per heavy atom. The van der Waals surface area contributed by atoms with Crippen LogP contribution in [0.5, 0.6) is 0 Å². The van der Waals surface area contributed by atoms with Crippen molar-refractivity contribution in [1.82, 2.24) is 20.2 Å². The molecule has 2 aromatic heterocycles. The summed E-state index contributed by atoms with van der Waals surface area (Å²) in [5, 5.41) is 19.6. The van der Waals surface area contributed by atoms with Gasteiger partial charge in [0, 0.05) is 28.3 Å². The van der Waals surface area contributed by atoms with Gasteiger partial charge < -0.3 is 5.11 Å². The van der Waals surface area contributed by atoms with Gasteiger partial charge in [0.05, 0.1) is 5.52 Å². The fraction of sp³-hybridized carbons (Fsp3) is 0.227. The zero-order chi connectivity index (χ0) is 20.4. The average molecular weight is 409 g/mol. The predicted molar refractivity (Wildman–Crippen MR) is 112 cm³/mol. The first-order chi connectivity index (χ1) is 14.0. The molecule has 2 aromatic carbocycles. The normalized spacial score (nSPS) is 14.6. The molecule has 2 atom stereocenters. The Kier molecular flexibility index (Phi) is 5.34. The van der Waals surface area contributed by atoms with Crippen LogP contribution in [-0.4, -0.2) is 31.5 Å². The molecule has 2 heterocycles. The number of aromatic amines is 1. The molecule has 2 N–H and O–H groups in total. The van der Waals surface area contributed by atoms with Crippen LogP contribution in [0.25, 0.3) is 10.9 Å². The Labute approximate surface area is 172 Å². The molecule has 2 unspecified atom stereocenters. The van der Waals surface area contributed by atoms with E-state index in [1.165, 1.54) is 23.4 Å². The molecule has 0 saturated heterocycles. The Hall–Kier alpha value is -2.77. The van der Waals surface area contributed by atoms with E-state index >= 15 is 0 Å². The molecule has 4 rings (SSSR count). The number of aliphatic hydroxyl groups is 1. The number of rotatable bonds is 6. The van der Waals surface area contributed by atoms with Gasteiger partial charge in [-0.1, -0.05) is 25.1 Å². The maximum atomic E-state index is 13.5. The van der Waals surface area contributed by atoms with Crippen LogP contribution in [0, 0.1) is 5.82 Å². The summed E-state index contributed by atoms with van der Waals surface area (Å²) in [6.45, 7) is 1.92. The molecule has 7 heteroatoms. The van der Waals surface area contributed by atoms with Crippen molar-refractivity contribution in [3.05, 3.63) is 83.8 Å². The van der Waals surface area contributed by atoms with Crippen molar-refractivity contribution in [3.63, 3.8) is 0 Å². The molecular weight excluding hydrogens is 387 g/mol.